The highest BCUT2D eigenvalue weighted by molar-refractivity contribution is 5.79. The second kappa shape index (κ2) is 11.3. The summed E-state index contributed by atoms with van der Waals surface area (Å²) in [5.41, 5.74) is 1.01. The van der Waals surface area contributed by atoms with E-state index in [1.807, 2.05) is 20.9 Å². The summed E-state index contributed by atoms with van der Waals surface area (Å²) in [6, 6.07) is 0.470. The molecule has 154 valence electrons. The van der Waals surface area contributed by atoms with E-state index in [-0.39, 0.29) is 0 Å². The van der Waals surface area contributed by atoms with Gasteiger partial charge in [0.15, 0.2) is 5.96 Å². The fourth-order valence-corrected chi connectivity index (χ4v) is 3.59. The molecular formula is C21H39N5O. The van der Waals surface area contributed by atoms with Crippen LogP contribution in [0.4, 0.5) is 0 Å². The van der Waals surface area contributed by atoms with Crippen LogP contribution in [0, 0.1) is 19.8 Å². The minimum absolute atomic E-state index is 0.470. The highest BCUT2D eigenvalue weighted by Crippen LogP contribution is 2.19. The number of rotatable bonds is 9. The summed E-state index contributed by atoms with van der Waals surface area (Å²) in [4.78, 5) is 11.3. The Morgan fingerprint density at radius 1 is 1.30 bits per heavy atom. The van der Waals surface area contributed by atoms with Gasteiger partial charge in [-0.3, -0.25) is 9.89 Å². The number of hydrogen-bond donors (Lipinski definition) is 2. The number of nitrogens with zero attached hydrogens (tertiary/aromatic N) is 3. The number of unbranched alkanes of at least 4 members (excludes halogenated alkanes) is 2. The summed E-state index contributed by atoms with van der Waals surface area (Å²) < 4.78 is 5.72. The maximum absolute atomic E-state index is 5.72. The summed E-state index contributed by atoms with van der Waals surface area (Å²) in [6.45, 7) is 12.5. The minimum Gasteiger partial charge on any atom is -0.444 e. The first-order valence-corrected chi connectivity index (χ1v) is 10.6. The van der Waals surface area contributed by atoms with Gasteiger partial charge in [-0.2, -0.15) is 0 Å². The van der Waals surface area contributed by atoms with Crippen LogP contribution >= 0.6 is 0 Å². The molecule has 0 amide bonds. The summed E-state index contributed by atoms with van der Waals surface area (Å²) >= 11 is 0. The van der Waals surface area contributed by atoms with Crippen LogP contribution in [0.1, 0.15) is 69.7 Å². The number of guanidine groups is 1. The molecule has 2 N–H and O–H groups in total. The Bertz CT molecular complexity index is 556. The fourth-order valence-electron chi connectivity index (χ4n) is 3.59. The Balaban J connectivity index is 1.65. The normalized spacial score (nSPS) is 17.9. The number of likely N-dealkylation sites (tertiary alicyclic amines) is 1. The smallest absolute Gasteiger partial charge is 0.208 e. The third-order valence-corrected chi connectivity index (χ3v) is 5.54. The third kappa shape index (κ3) is 7.53. The molecule has 1 atom stereocenters. The van der Waals surface area contributed by atoms with Gasteiger partial charge in [0.2, 0.25) is 5.89 Å². The molecule has 1 unspecified atom stereocenters. The third-order valence-electron chi connectivity index (χ3n) is 5.54. The second-order valence-electron chi connectivity index (χ2n) is 7.96. The number of aromatic nitrogens is 1. The average molecular weight is 378 g/mol. The molecule has 1 aliphatic heterocycles. The van der Waals surface area contributed by atoms with Crippen molar-refractivity contribution in [2.45, 2.75) is 78.8 Å². The summed E-state index contributed by atoms with van der Waals surface area (Å²) in [5, 5.41) is 7.05. The van der Waals surface area contributed by atoms with E-state index in [1.54, 1.807) is 0 Å². The molecule has 0 radical (unpaired) electrons. The molecule has 0 aliphatic carbocycles. The van der Waals surface area contributed by atoms with Crippen LogP contribution < -0.4 is 10.6 Å². The van der Waals surface area contributed by atoms with Gasteiger partial charge in [0.1, 0.15) is 5.76 Å². The van der Waals surface area contributed by atoms with Gasteiger partial charge in [0, 0.05) is 19.6 Å². The molecule has 1 aliphatic rings. The summed E-state index contributed by atoms with van der Waals surface area (Å²) in [5.74, 6) is 3.42. The molecular weight excluding hydrogens is 338 g/mol. The van der Waals surface area contributed by atoms with Crippen LogP contribution in [-0.2, 0) is 6.54 Å². The van der Waals surface area contributed by atoms with Gasteiger partial charge in [0.05, 0.1) is 12.2 Å². The topological polar surface area (TPSA) is 65.7 Å². The lowest BCUT2D eigenvalue weighted by atomic mass is 9.97. The fraction of sp³-hybridized carbons (Fsp3) is 0.810. The zero-order chi connectivity index (χ0) is 19.6. The number of aliphatic imine (C=N–C) groups is 1. The van der Waals surface area contributed by atoms with E-state index in [0.29, 0.717) is 12.0 Å². The van der Waals surface area contributed by atoms with Crippen molar-refractivity contribution in [2.24, 2.45) is 10.9 Å². The van der Waals surface area contributed by atoms with Crippen LogP contribution in [0.5, 0.6) is 0 Å². The summed E-state index contributed by atoms with van der Waals surface area (Å²) in [6.07, 6.45) is 7.47. The molecule has 0 aromatic carbocycles. The number of nitrogens with one attached hydrogen (secondary N) is 2. The van der Waals surface area contributed by atoms with E-state index in [2.05, 4.69) is 39.4 Å². The first-order valence-electron chi connectivity index (χ1n) is 10.6. The van der Waals surface area contributed by atoms with Crippen LogP contribution in [0.3, 0.4) is 0 Å². The number of piperidine rings is 1. The van der Waals surface area contributed by atoms with Gasteiger partial charge in [-0.1, -0.05) is 26.2 Å². The Morgan fingerprint density at radius 3 is 2.63 bits per heavy atom. The van der Waals surface area contributed by atoms with Crippen molar-refractivity contribution in [1.29, 1.82) is 0 Å². The molecule has 1 aromatic heterocycles. The molecule has 1 saturated heterocycles. The average Bonchev–Trinajstić information content (AvgIpc) is 2.97. The van der Waals surface area contributed by atoms with Crippen molar-refractivity contribution in [2.75, 3.05) is 26.7 Å². The predicted molar refractivity (Wildman–Crippen MR) is 112 cm³/mol. The zero-order valence-corrected chi connectivity index (χ0v) is 18.0. The Kier molecular flexibility index (Phi) is 9.11. The maximum Gasteiger partial charge on any atom is 0.208 e. The molecule has 1 fully saturated rings. The van der Waals surface area contributed by atoms with Crippen molar-refractivity contribution in [3.63, 3.8) is 0 Å². The standard InChI is InChI=1S/C21H39N5O/c1-6-7-8-9-16(2)24-21(22-5)23-14-19-10-12-26(13-11-19)15-20-25-17(3)18(4)27-20/h16,19H,6-15H2,1-5H3,(H2,22,23,24). The Morgan fingerprint density at radius 2 is 2.04 bits per heavy atom. The Hall–Kier alpha value is -1.56. The Labute approximate surface area is 165 Å². The van der Waals surface area contributed by atoms with Crippen molar-refractivity contribution in [3.8, 4) is 0 Å². The second-order valence-corrected chi connectivity index (χ2v) is 7.96. The molecule has 0 saturated carbocycles. The van der Waals surface area contributed by atoms with Crippen LogP contribution in [0.15, 0.2) is 9.41 Å². The molecule has 27 heavy (non-hydrogen) atoms. The van der Waals surface area contributed by atoms with E-state index in [0.717, 1.165) is 49.5 Å². The van der Waals surface area contributed by atoms with E-state index in [9.17, 15) is 0 Å². The molecule has 0 bridgehead atoms. The maximum atomic E-state index is 5.72. The monoisotopic (exact) mass is 377 g/mol. The number of hydrogen-bond acceptors (Lipinski definition) is 4. The molecule has 2 rings (SSSR count). The molecule has 6 heteroatoms. The lowest BCUT2D eigenvalue weighted by Crippen LogP contribution is -2.45. The predicted octanol–water partition coefficient (Wildman–Crippen LogP) is 3.64. The molecule has 2 heterocycles. The zero-order valence-electron chi connectivity index (χ0n) is 18.0. The lowest BCUT2D eigenvalue weighted by Gasteiger charge is -2.31. The van der Waals surface area contributed by atoms with Gasteiger partial charge in [-0.25, -0.2) is 4.98 Å². The van der Waals surface area contributed by atoms with Crippen LogP contribution in [-0.4, -0.2) is 48.6 Å². The van der Waals surface area contributed by atoms with Gasteiger partial charge in [0.25, 0.3) is 0 Å². The van der Waals surface area contributed by atoms with Crippen molar-refractivity contribution in [3.05, 3.63) is 17.3 Å². The highest BCUT2D eigenvalue weighted by atomic mass is 16.4. The first kappa shape index (κ1) is 21.7. The minimum atomic E-state index is 0.470. The number of oxazole rings is 1. The van der Waals surface area contributed by atoms with E-state index in [4.69, 9.17) is 4.42 Å². The van der Waals surface area contributed by atoms with E-state index >= 15 is 0 Å². The van der Waals surface area contributed by atoms with Gasteiger partial charge in [-0.15, -0.1) is 0 Å². The van der Waals surface area contributed by atoms with E-state index < -0.39 is 0 Å². The van der Waals surface area contributed by atoms with Crippen molar-refractivity contribution < 1.29 is 4.42 Å². The number of aryl methyl sites for hydroxylation is 2. The highest BCUT2D eigenvalue weighted by Gasteiger charge is 2.21. The van der Waals surface area contributed by atoms with Crippen molar-refractivity contribution in [1.82, 2.24) is 20.5 Å². The molecule has 0 spiro atoms. The van der Waals surface area contributed by atoms with Gasteiger partial charge in [-0.05, 0) is 59.0 Å². The van der Waals surface area contributed by atoms with Gasteiger partial charge < -0.3 is 15.1 Å². The first-order chi connectivity index (χ1) is 13.0. The quantitative estimate of drug-likeness (QED) is 0.391. The lowest BCUT2D eigenvalue weighted by molar-refractivity contribution is 0.164. The van der Waals surface area contributed by atoms with Crippen LogP contribution in [0.25, 0.3) is 0 Å². The summed E-state index contributed by atoms with van der Waals surface area (Å²) in [7, 11) is 1.86. The largest absolute Gasteiger partial charge is 0.444 e. The van der Waals surface area contributed by atoms with Crippen LogP contribution in [0.2, 0.25) is 0 Å². The molecule has 6 nitrogen and oxygen atoms in total. The van der Waals surface area contributed by atoms with Crippen molar-refractivity contribution >= 4 is 5.96 Å². The molecule has 1 aromatic rings. The van der Waals surface area contributed by atoms with E-state index in [1.165, 1.54) is 38.5 Å². The van der Waals surface area contributed by atoms with Gasteiger partial charge >= 0.3 is 0 Å². The SMILES string of the molecule is CCCCCC(C)NC(=NC)NCC1CCN(Cc2nc(C)c(C)o2)CC1.